The summed E-state index contributed by atoms with van der Waals surface area (Å²) in [6.07, 6.45) is 4.69. The number of carbonyl (C=O) groups is 2. The number of benzene rings is 1. The molecule has 2 rings (SSSR count). The smallest absolute Gasteiger partial charge is 0.330 e. The van der Waals surface area contributed by atoms with Gasteiger partial charge in [-0.3, -0.25) is 0 Å². The van der Waals surface area contributed by atoms with Crippen molar-refractivity contribution in [3.63, 3.8) is 0 Å². The molecule has 1 fully saturated rings. The Labute approximate surface area is 128 Å². The third-order valence-electron chi connectivity index (χ3n) is 3.36. The highest BCUT2D eigenvalue weighted by molar-refractivity contribution is 6.30. The van der Waals surface area contributed by atoms with Crippen molar-refractivity contribution in [2.75, 3.05) is 13.2 Å². The number of amides is 2. The molecule has 0 bridgehead atoms. The van der Waals surface area contributed by atoms with Gasteiger partial charge in [0.25, 0.3) is 0 Å². The van der Waals surface area contributed by atoms with E-state index in [0.29, 0.717) is 11.6 Å². The highest BCUT2D eigenvalue weighted by Crippen LogP contribution is 2.17. The van der Waals surface area contributed by atoms with Crippen LogP contribution in [0, 0.1) is 0 Å². The minimum absolute atomic E-state index is 0.115. The molecule has 1 unspecified atom stereocenters. The first-order chi connectivity index (χ1) is 10.1. The van der Waals surface area contributed by atoms with Crippen molar-refractivity contribution in [1.82, 2.24) is 4.90 Å². The Morgan fingerprint density at radius 2 is 2.10 bits per heavy atom. The molecule has 1 saturated heterocycles. The summed E-state index contributed by atoms with van der Waals surface area (Å²) in [6.45, 7) is 0.797. The van der Waals surface area contributed by atoms with E-state index in [2.05, 4.69) is 0 Å². The topological polar surface area (TPSA) is 72.6 Å². The summed E-state index contributed by atoms with van der Waals surface area (Å²) in [7, 11) is 0. The van der Waals surface area contributed by atoms with E-state index in [0.717, 1.165) is 18.4 Å². The Kier molecular flexibility index (Phi) is 5.22. The molecule has 5 nitrogen and oxygen atoms in total. The second kappa shape index (κ2) is 7.13. The van der Waals surface area contributed by atoms with Crippen molar-refractivity contribution in [3.05, 3.63) is 40.9 Å². The van der Waals surface area contributed by atoms with Crippen LogP contribution in [0.5, 0.6) is 0 Å². The Bertz CT molecular complexity index is 542. The Balaban J connectivity index is 1.82. The third-order valence-corrected chi connectivity index (χ3v) is 3.61. The van der Waals surface area contributed by atoms with E-state index in [1.807, 2.05) is 0 Å². The summed E-state index contributed by atoms with van der Waals surface area (Å²) in [5, 5.41) is 0.641. The van der Waals surface area contributed by atoms with Crippen molar-refractivity contribution >= 4 is 29.7 Å². The van der Waals surface area contributed by atoms with E-state index in [9.17, 15) is 9.59 Å². The Hall–Kier alpha value is -2.01. The van der Waals surface area contributed by atoms with Gasteiger partial charge in [0.1, 0.15) is 6.61 Å². The molecule has 1 aliphatic rings. The first-order valence-corrected chi connectivity index (χ1v) is 7.10. The highest BCUT2D eigenvalue weighted by atomic mass is 35.5. The molecular weight excluding hydrogens is 292 g/mol. The first kappa shape index (κ1) is 15.4. The molecule has 0 saturated carbocycles. The number of esters is 1. The molecule has 1 heterocycles. The number of urea groups is 1. The summed E-state index contributed by atoms with van der Waals surface area (Å²) in [6, 6.07) is 6.52. The van der Waals surface area contributed by atoms with Gasteiger partial charge in [-0.05, 0) is 36.6 Å². The maximum Gasteiger partial charge on any atom is 0.330 e. The molecule has 0 aliphatic carbocycles. The van der Waals surface area contributed by atoms with E-state index >= 15 is 0 Å². The molecule has 2 amide bonds. The van der Waals surface area contributed by atoms with Crippen LogP contribution in [0.1, 0.15) is 18.4 Å². The van der Waals surface area contributed by atoms with Gasteiger partial charge >= 0.3 is 12.0 Å². The van der Waals surface area contributed by atoms with Gasteiger partial charge in [-0.1, -0.05) is 23.7 Å². The van der Waals surface area contributed by atoms with Gasteiger partial charge in [-0.15, -0.1) is 0 Å². The van der Waals surface area contributed by atoms with E-state index < -0.39 is 12.0 Å². The fraction of sp³-hybridized carbons (Fsp3) is 0.333. The minimum atomic E-state index is -0.467. The highest BCUT2D eigenvalue weighted by Gasteiger charge is 2.27. The second-order valence-electron chi connectivity index (χ2n) is 4.84. The maximum absolute atomic E-state index is 11.6. The van der Waals surface area contributed by atoms with Crippen LogP contribution in [-0.4, -0.2) is 36.1 Å². The zero-order valence-corrected chi connectivity index (χ0v) is 12.3. The number of rotatable bonds is 4. The van der Waals surface area contributed by atoms with Crippen LogP contribution in [0.3, 0.4) is 0 Å². The van der Waals surface area contributed by atoms with Crippen LogP contribution in [-0.2, 0) is 9.53 Å². The van der Waals surface area contributed by atoms with Crippen molar-refractivity contribution in [2.45, 2.75) is 18.9 Å². The number of nitrogens with zero attached hydrogens (tertiary/aromatic N) is 1. The molecular formula is C15H17ClN2O3. The standard InChI is InChI=1S/C15H17ClN2O3/c16-12-6-3-11(4-7-12)5-8-14(19)21-10-13-2-1-9-18(13)15(17)20/h3-8,13H,1-2,9-10H2,(H2,17,20)/b8-5+. The molecule has 0 aromatic heterocycles. The molecule has 0 spiro atoms. The van der Waals surface area contributed by atoms with Crippen molar-refractivity contribution < 1.29 is 14.3 Å². The number of primary amides is 1. The van der Waals surface area contributed by atoms with Gasteiger partial charge in [-0.25, -0.2) is 9.59 Å². The van der Waals surface area contributed by atoms with Gasteiger partial charge in [0, 0.05) is 17.6 Å². The van der Waals surface area contributed by atoms with Crippen molar-refractivity contribution in [1.29, 1.82) is 0 Å². The molecule has 112 valence electrons. The molecule has 2 N–H and O–H groups in total. The summed E-state index contributed by atoms with van der Waals surface area (Å²) in [5.41, 5.74) is 6.12. The number of hydrogen-bond donors (Lipinski definition) is 1. The minimum Gasteiger partial charge on any atom is -0.460 e. The fourth-order valence-electron chi connectivity index (χ4n) is 2.26. The van der Waals surface area contributed by atoms with Crippen LogP contribution in [0.4, 0.5) is 4.79 Å². The lowest BCUT2D eigenvalue weighted by Crippen LogP contribution is -2.41. The van der Waals surface area contributed by atoms with Crippen LogP contribution < -0.4 is 5.73 Å². The normalized spacial score (nSPS) is 18.1. The summed E-state index contributed by atoms with van der Waals surface area (Å²) >= 11 is 5.78. The summed E-state index contributed by atoms with van der Waals surface area (Å²) < 4.78 is 5.15. The largest absolute Gasteiger partial charge is 0.460 e. The van der Waals surface area contributed by atoms with Gasteiger partial charge in [0.05, 0.1) is 6.04 Å². The fourth-order valence-corrected chi connectivity index (χ4v) is 2.39. The number of nitrogens with two attached hydrogens (primary N) is 1. The monoisotopic (exact) mass is 308 g/mol. The predicted molar refractivity (Wildman–Crippen MR) is 80.8 cm³/mol. The van der Waals surface area contributed by atoms with E-state index in [1.165, 1.54) is 11.0 Å². The van der Waals surface area contributed by atoms with Crippen LogP contribution in [0.15, 0.2) is 30.3 Å². The zero-order chi connectivity index (χ0) is 15.2. The number of halogens is 1. The van der Waals surface area contributed by atoms with E-state index in [4.69, 9.17) is 22.1 Å². The molecule has 21 heavy (non-hydrogen) atoms. The SMILES string of the molecule is NC(=O)N1CCCC1COC(=O)/C=C/c1ccc(Cl)cc1. The molecule has 1 aromatic rings. The van der Waals surface area contributed by atoms with Crippen LogP contribution >= 0.6 is 11.6 Å². The quantitative estimate of drug-likeness (QED) is 0.686. The summed E-state index contributed by atoms with van der Waals surface area (Å²) in [4.78, 5) is 24.4. The third kappa shape index (κ3) is 4.49. The zero-order valence-electron chi connectivity index (χ0n) is 11.5. The predicted octanol–water partition coefficient (Wildman–Crippen LogP) is 2.44. The van der Waals surface area contributed by atoms with E-state index in [1.54, 1.807) is 30.3 Å². The van der Waals surface area contributed by atoms with Crippen molar-refractivity contribution in [2.24, 2.45) is 5.73 Å². The number of ether oxygens (including phenoxy) is 1. The van der Waals surface area contributed by atoms with Gasteiger partial charge in [0.15, 0.2) is 0 Å². The maximum atomic E-state index is 11.6. The van der Waals surface area contributed by atoms with E-state index in [-0.39, 0.29) is 12.6 Å². The lowest BCUT2D eigenvalue weighted by atomic mass is 10.2. The van der Waals surface area contributed by atoms with Crippen LogP contribution in [0.25, 0.3) is 6.08 Å². The van der Waals surface area contributed by atoms with Crippen LogP contribution in [0.2, 0.25) is 5.02 Å². The van der Waals surface area contributed by atoms with Crippen molar-refractivity contribution in [3.8, 4) is 0 Å². The van der Waals surface area contributed by atoms with Gasteiger partial charge < -0.3 is 15.4 Å². The summed E-state index contributed by atoms with van der Waals surface area (Å²) in [5.74, 6) is -0.443. The average molecular weight is 309 g/mol. The number of carbonyl (C=O) groups excluding carboxylic acids is 2. The Morgan fingerprint density at radius 3 is 2.76 bits per heavy atom. The first-order valence-electron chi connectivity index (χ1n) is 6.73. The molecule has 1 atom stereocenters. The molecule has 1 aromatic carbocycles. The number of hydrogen-bond acceptors (Lipinski definition) is 3. The number of likely N-dealkylation sites (tertiary alicyclic amines) is 1. The van der Waals surface area contributed by atoms with Gasteiger partial charge in [0.2, 0.25) is 0 Å². The molecule has 1 aliphatic heterocycles. The molecule has 0 radical (unpaired) electrons. The average Bonchev–Trinajstić information content (AvgIpc) is 2.93. The lowest BCUT2D eigenvalue weighted by Gasteiger charge is -2.21. The molecule has 6 heteroatoms. The Morgan fingerprint density at radius 1 is 1.38 bits per heavy atom. The van der Waals surface area contributed by atoms with Gasteiger partial charge in [-0.2, -0.15) is 0 Å². The lowest BCUT2D eigenvalue weighted by molar-refractivity contribution is -0.138. The second-order valence-corrected chi connectivity index (χ2v) is 5.28.